The summed E-state index contributed by atoms with van der Waals surface area (Å²) in [5.41, 5.74) is 7.81. The van der Waals surface area contributed by atoms with Crippen LogP contribution in [0.1, 0.15) is 24.8 Å². The van der Waals surface area contributed by atoms with E-state index in [1.165, 1.54) is 12.8 Å². The molecule has 2 N–H and O–H groups in total. The first-order valence-corrected chi connectivity index (χ1v) is 7.07. The molecule has 3 rings (SSSR count). The van der Waals surface area contributed by atoms with Gasteiger partial charge in [0.15, 0.2) is 0 Å². The Bertz CT molecular complexity index is 609. The van der Waals surface area contributed by atoms with E-state index in [9.17, 15) is 0 Å². The molecule has 0 aliphatic heterocycles. The van der Waals surface area contributed by atoms with Crippen LogP contribution in [0.3, 0.4) is 0 Å². The highest BCUT2D eigenvalue weighted by molar-refractivity contribution is 5.82. The van der Waals surface area contributed by atoms with Gasteiger partial charge >= 0.3 is 0 Å². The van der Waals surface area contributed by atoms with Crippen molar-refractivity contribution in [3.63, 3.8) is 0 Å². The number of hydrogen-bond acceptors (Lipinski definition) is 4. The highest BCUT2D eigenvalue weighted by Gasteiger charge is 2.20. The fourth-order valence-electron chi connectivity index (χ4n) is 2.29. The molecule has 4 nitrogen and oxygen atoms in total. The number of nitrogen functional groups attached to an aromatic ring is 1. The lowest BCUT2D eigenvalue weighted by molar-refractivity contribution is 0.115. The van der Waals surface area contributed by atoms with Crippen molar-refractivity contribution in [3.05, 3.63) is 29.8 Å². The van der Waals surface area contributed by atoms with Crippen LogP contribution in [0.15, 0.2) is 24.3 Å². The summed E-state index contributed by atoms with van der Waals surface area (Å²) in [5.74, 6) is 2.23. The summed E-state index contributed by atoms with van der Waals surface area (Å²) in [6.07, 6.45) is 3.90. The molecule has 0 spiro atoms. The number of benzene rings is 1. The van der Waals surface area contributed by atoms with Crippen LogP contribution >= 0.6 is 0 Å². The monoisotopic (exact) mass is 272 g/mol. The Morgan fingerprint density at radius 3 is 2.90 bits per heavy atom. The normalized spacial score (nSPS) is 14.7. The molecule has 0 saturated heterocycles. The van der Waals surface area contributed by atoms with Crippen molar-refractivity contribution < 1.29 is 9.47 Å². The van der Waals surface area contributed by atoms with Crippen LogP contribution in [0.2, 0.25) is 0 Å². The van der Waals surface area contributed by atoms with E-state index in [1.54, 1.807) is 7.11 Å². The van der Waals surface area contributed by atoms with Crippen molar-refractivity contribution >= 4 is 16.7 Å². The SMILES string of the molecule is COc1ccc2cc(COCCC3CC3)c(N)nc2c1. The van der Waals surface area contributed by atoms with Gasteiger partial charge in [0.25, 0.3) is 0 Å². The van der Waals surface area contributed by atoms with E-state index in [0.717, 1.165) is 41.2 Å². The molecule has 0 bridgehead atoms. The van der Waals surface area contributed by atoms with Gasteiger partial charge in [0.1, 0.15) is 11.6 Å². The van der Waals surface area contributed by atoms with Gasteiger partial charge in [-0.2, -0.15) is 0 Å². The van der Waals surface area contributed by atoms with Crippen LogP contribution in [0.25, 0.3) is 10.9 Å². The average molecular weight is 272 g/mol. The number of aromatic nitrogens is 1. The maximum Gasteiger partial charge on any atom is 0.129 e. The molecule has 1 aliphatic carbocycles. The molecule has 0 atom stereocenters. The maximum absolute atomic E-state index is 6.00. The van der Waals surface area contributed by atoms with Crippen LogP contribution in [-0.2, 0) is 11.3 Å². The van der Waals surface area contributed by atoms with Crippen LogP contribution in [0, 0.1) is 5.92 Å². The van der Waals surface area contributed by atoms with Crippen molar-refractivity contribution in [2.24, 2.45) is 5.92 Å². The number of rotatable bonds is 6. The first-order chi connectivity index (χ1) is 9.76. The summed E-state index contributed by atoms with van der Waals surface area (Å²) < 4.78 is 10.9. The van der Waals surface area contributed by atoms with Gasteiger partial charge in [0.05, 0.1) is 19.2 Å². The van der Waals surface area contributed by atoms with E-state index in [1.807, 2.05) is 24.3 Å². The maximum atomic E-state index is 6.00. The first-order valence-electron chi connectivity index (χ1n) is 7.07. The van der Waals surface area contributed by atoms with Gasteiger partial charge in [-0.05, 0) is 30.5 Å². The molecule has 1 fully saturated rings. The predicted molar refractivity (Wildman–Crippen MR) is 79.7 cm³/mol. The van der Waals surface area contributed by atoms with Crippen LogP contribution in [0.5, 0.6) is 5.75 Å². The van der Waals surface area contributed by atoms with Crippen LogP contribution in [-0.4, -0.2) is 18.7 Å². The quantitative estimate of drug-likeness (QED) is 0.821. The zero-order chi connectivity index (χ0) is 13.9. The molecule has 1 aromatic carbocycles. The highest BCUT2D eigenvalue weighted by atomic mass is 16.5. The third kappa shape index (κ3) is 3.02. The smallest absolute Gasteiger partial charge is 0.129 e. The van der Waals surface area contributed by atoms with Crippen molar-refractivity contribution in [2.45, 2.75) is 25.9 Å². The minimum absolute atomic E-state index is 0.535. The third-order valence-electron chi connectivity index (χ3n) is 3.76. The number of pyridine rings is 1. The third-order valence-corrected chi connectivity index (χ3v) is 3.76. The Balaban J connectivity index is 1.71. The number of nitrogens with zero attached hydrogens (tertiary/aromatic N) is 1. The second kappa shape index (κ2) is 5.67. The standard InChI is InChI=1S/C16H20N2O2/c1-19-14-5-4-12-8-13(16(17)18-15(12)9-14)10-20-7-6-11-2-3-11/h4-5,8-9,11H,2-3,6-7,10H2,1H3,(H2,17,18). The van der Waals surface area contributed by atoms with Crippen LogP contribution < -0.4 is 10.5 Å². The summed E-state index contributed by atoms with van der Waals surface area (Å²) in [4.78, 5) is 4.43. The molecular formula is C16H20N2O2. The summed E-state index contributed by atoms with van der Waals surface area (Å²) >= 11 is 0. The number of fused-ring (bicyclic) bond motifs is 1. The fourth-order valence-corrected chi connectivity index (χ4v) is 2.29. The van der Waals surface area contributed by atoms with E-state index < -0.39 is 0 Å². The number of hydrogen-bond donors (Lipinski definition) is 1. The Hall–Kier alpha value is -1.81. The number of methoxy groups -OCH3 is 1. The minimum Gasteiger partial charge on any atom is -0.497 e. The lowest BCUT2D eigenvalue weighted by atomic mass is 10.1. The largest absolute Gasteiger partial charge is 0.497 e. The summed E-state index contributed by atoms with van der Waals surface area (Å²) in [7, 11) is 1.65. The summed E-state index contributed by atoms with van der Waals surface area (Å²) in [6.45, 7) is 1.35. The molecule has 0 amide bonds. The van der Waals surface area contributed by atoms with Crippen LogP contribution in [0.4, 0.5) is 5.82 Å². The van der Waals surface area contributed by atoms with Gasteiger partial charge in [0, 0.05) is 23.6 Å². The van der Waals surface area contributed by atoms with E-state index in [-0.39, 0.29) is 0 Å². The lowest BCUT2D eigenvalue weighted by Gasteiger charge is -2.09. The fraction of sp³-hybridized carbons (Fsp3) is 0.438. The number of nitrogens with two attached hydrogens (primary N) is 1. The molecule has 0 unspecified atom stereocenters. The van der Waals surface area contributed by atoms with E-state index in [0.29, 0.717) is 12.4 Å². The Morgan fingerprint density at radius 2 is 2.15 bits per heavy atom. The number of anilines is 1. The van der Waals surface area contributed by atoms with Crippen molar-refractivity contribution in [3.8, 4) is 5.75 Å². The second-order valence-electron chi connectivity index (χ2n) is 5.38. The molecule has 2 aromatic rings. The van der Waals surface area contributed by atoms with Crippen molar-refractivity contribution in [1.29, 1.82) is 0 Å². The van der Waals surface area contributed by atoms with Gasteiger partial charge in [0.2, 0.25) is 0 Å². The molecule has 106 valence electrons. The zero-order valence-corrected chi connectivity index (χ0v) is 11.8. The molecule has 1 aromatic heterocycles. The van der Waals surface area contributed by atoms with Gasteiger partial charge in [-0.1, -0.05) is 12.8 Å². The Morgan fingerprint density at radius 1 is 1.30 bits per heavy atom. The lowest BCUT2D eigenvalue weighted by Crippen LogP contribution is -2.02. The average Bonchev–Trinajstić information content (AvgIpc) is 3.27. The Labute approximate surface area is 118 Å². The van der Waals surface area contributed by atoms with Gasteiger partial charge in [-0.25, -0.2) is 4.98 Å². The first kappa shape index (κ1) is 13.2. The Kier molecular flexibility index (Phi) is 3.74. The van der Waals surface area contributed by atoms with Gasteiger partial charge in [-0.3, -0.25) is 0 Å². The topological polar surface area (TPSA) is 57.4 Å². The predicted octanol–water partition coefficient (Wildman–Crippen LogP) is 3.14. The molecular weight excluding hydrogens is 252 g/mol. The minimum atomic E-state index is 0.535. The molecule has 1 heterocycles. The second-order valence-corrected chi connectivity index (χ2v) is 5.38. The van der Waals surface area contributed by atoms with Gasteiger partial charge < -0.3 is 15.2 Å². The molecule has 4 heteroatoms. The van der Waals surface area contributed by atoms with Crippen molar-refractivity contribution in [2.75, 3.05) is 19.5 Å². The molecule has 1 aliphatic rings. The van der Waals surface area contributed by atoms with E-state index >= 15 is 0 Å². The van der Waals surface area contributed by atoms with Crippen molar-refractivity contribution in [1.82, 2.24) is 4.98 Å². The zero-order valence-electron chi connectivity index (χ0n) is 11.8. The highest BCUT2D eigenvalue weighted by Crippen LogP contribution is 2.32. The summed E-state index contributed by atoms with van der Waals surface area (Å²) in [6, 6.07) is 7.86. The van der Waals surface area contributed by atoms with Gasteiger partial charge in [-0.15, -0.1) is 0 Å². The van der Waals surface area contributed by atoms with E-state index in [2.05, 4.69) is 4.98 Å². The van der Waals surface area contributed by atoms with E-state index in [4.69, 9.17) is 15.2 Å². The number of ether oxygens (including phenoxy) is 2. The summed E-state index contributed by atoms with van der Waals surface area (Å²) in [5, 5.41) is 1.06. The molecule has 0 radical (unpaired) electrons. The molecule has 20 heavy (non-hydrogen) atoms. The molecule has 1 saturated carbocycles.